The predicted octanol–water partition coefficient (Wildman–Crippen LogP) is 4.43. The van der Waals surface area contributed by atoms with Crippen LogP contribution in [-0.2, 0) is 17.8 Å². The fourth-order valence-electron chi connectivity index (χ4n) is 3.31. The number of hydrogen-bond donors (Lipinski definition) is 2. The molecule has 1 aromatic heterocycles. The molecular formula is C21H22ClN3O2. The molecule has 1 aliphatic heterocycles. The van der Waals surface area contributed by atoms with Crippen LogP contribution in [0, 0.1) is 6.92 Å². The van der Waals surface area contributed by atoms with Gasteiger partial charge < -0.3 is 10.3 Å². The third-order valence-corrected chi connectivity index (χ3v) is 5.06. The van der Waals surface area contributed by atoms with Gasteiger partial charge in [0.25, 0.3) is 5.91 Å². The van der Waals surface area contributed by atoms with E-state index >= 15 is 0 Å². The number of aromatic amines is 1. The molecule has 1 saturated heterocycles. The van der Waals surface area contributed by atoms with Gasteiger partial charge in [0.1, 0.15) is 6.04 Å². The second-order valence-corrected chi connectivity index (χ2v) is 7.00. The first kappa shape index (κ1) is 19.0. The van der Waals surface area contributed by atoms with Crippen molar-refractivity contribution in [1.82, 2.24) is 15.2 Å². The zero-order valence-corrected chi connectivity index (χ0v) is 15.0. The zero-order chi connectivity index (χ0) is 18.3. The van der Waals surface area contributed by atoms with E-state index in [-0.39, 0.29) is 25.9 Å². The molecule has 2 heterocycles. The van der Waals surface area contributed by atoms with E-state index in [9.17, 15) is 9.59 Å². The summed E-state index contributed by atoms with van der Waals surface area (Å²) in [4.78, 5) is 29.4. The molecule has 1 aliphatic rings. The Hall–Kier alpha value is -2.79. The lowest BCUT2D eigenvalue weighted by atomic mass is 10.0. The molecule has 3 aromatic rings. The number of aryl methyl sites for hydroxylation is 1. The van der Waals surface area contributed by atoms with Gasteiger partial charge >= 0.3 is 6.03 Å². The SMILES string of the molecule is C.Cc1ccc(CN2C(=O)N[C@H](Cc3c[nH]c4c(Cl)cccc34)C2=O)cc1. The van der Waals surface area contributed by atoms with Crippen LogP contribution in [0.1, 0.15) is 24.1 Å². The number of urea groups is 1. The minimum atomic E-state index is -0.564. The quantitative estimate of drug-likeness (QED) is 0.654. The maximum Gasteiger partial charge on any atom is 0.325 e. The molecule has 140 valence electrons. The molecule has 0 unspecified atom stereocenters. The molecule has 2 aromatic carbocycles. The molecule has 2 N–H and O–H groups in total. The first-order valence-corrected chi connectivity index (χ1v) is 8.82. The summed E-state index contributed by atoms with van der Waals surface area (Å²) in [5.41, 5.74) is 3.87. The number of para-hydroxylation sites is 1. The zero-order valence-electron chi connectivity index (χ0n) is 14.3. The number of carbonyl (C=O) groups excluding carboxylic acids is 2. The van der Waals surface area contributed by atoms with Gasteiger partial charge in [-0.1, -0.05) is 61.0 Å². The number of fused-ring (bicyclic) bond motifs is 1. The summed E-state index contributed by atoms with van der Waals surface area (Å²) in [5, 5.41) is 4.40. The molecule has 27 heavy (non-hydrogen) atoms. The number of H-pyrrole nitrogens is 1. The van der Waals surface area contributed by atoms with Gasteiger partial charge in [0.15, 0.2) is 0 Å². The molecule has 1 atom stereocenters. The molecule has 4 rings (SSSR count). The van der Waals surface area contributed by atoms with Crippen molar-refractivity contribution in [3.05, 3.63) is 70.4 Å². The lowest BCUT2D eigenvalue weighted by Crippen LogP contribution is -2.32. The number of nitrogens with one attached hydrogen (secondary N) is 2. The van der Waals surface area contributed by atoms with Crippen LogP contribution in [0.15, 0.2) is 48.7 Å². The van der Waals surface area contributed by atoms with Gasteiger partial charge in [-0.05, 0) is 24.1 Å². The highest BCUT2D eigenvalue weighted by molar-refractivity contribution is 6.35. The smallest absolute Gasteiger partial charge is 0.325 e. The van der Waals surface area contributed by atoms with Crippen molar-refractivity contribution in [3.8, 4) is 0 Å². The van der Waals surface area contributed by atoms with E-state index in [1.807, 2.05) is 55.6 Å². The molecule has 0 saturated carbocycles. The summed E-state index contributed by atoms with van der Waals surface area (Å²) < 4.78 is 0. The minimum absolute atomic E-state index is 0. The third kappa shape index (κ3) is 3.55. The highest BCUT2D eigenvalue weighted by atomic mass is 35.5. The van der Waals surface area contributed by atoms with Crippen LogP contribution in [-0.4, -0.2) is 27.9 Å². The Morgan fingerprint density at radius 1 is 1.11 bits per heavy atom. The molecule has 6 heteroatoms. The summed E-state index contributed by atoms with van der Waals surface area (Å²) in [6, 6.07) is 12.6. The number of amides is 3. The fourth-order valence-corrected chi connectivity index (χ4v) is 3.53. The number of imide groups is 1. The van der Waals surface area contributed by atoms with Crippen molar-refractivity contribution < 1.29 is 9.59 Å². The Morgan fingerprint density at radius 2 is 1.85 bits per heavy atom. The lowest BCUT2D eigenvalue weighted by Gasteiger charge is -2.13. The van der Waals surface area contributed by atoms with E-state index in [0.717, 1.165) is 27.6 Å². The Morgan fingerprint density at radius 3 is 2.59 bits per heavy atom. The summed E-state index contributed by atoms with van der Waals surface area (Å²) in [7, 11) is 0. The van der Waals surface area contributed by atoms with Gasteiger partial charge in [-0.15, -0.1) is 0 Å². The van der Waals surface area contributed by atoms with Gasteiger partial charge in [0.05, 0.1) is 17.1 Å². The number of halogens is 1. The Balaban J connectivity index is 0.00000210. The van der Waals surface area contributed by atoms with Gasteiger partial charge in [0, 0.05) is 18.0 Å². The Labute approximate surface area is 163 Å². The molecule has 3 amide bonds. The van der Waals surface area contributed by atoms with E-state index in [4.69, 9.17) is 11.6 Å². The predicted molar refractivity (Wildman–Crippen MR) is 108 cm³/mol. The fraction of sp³-hybridized carbons (Fsp3) is 0.238. The van der Waals surface area contributed by atoms with E-state index in [2.05, 4.69) is 10.3 Å². The summed E-state index contributed by atoms with van der Waals surface area (Å²) in [5.74, 6) is -0.202. The van der Waals surface area contributed by atoms with Crippen LogP contribution in [0.5, 0.6) is 0 Å². The second kappa shape index (κ2) is 7.45. The van der Waals surface area contributed by atoms with Crippen LogP contribution in [0.25, 0.3) is 10.9 Å². The molecule has 0 radical (unpaired) electrons. The second-order valence-electron chi connectivity index (χ2n) is 6.59. The van der Waals surface area contributed by atoms with Crippen LogP contribution >= 0.6 is 11.6 Å². The summed E-state index contributed by atoms with van der Waals surface area (Å²) in [6.45, 7) is 2.28. The minimum Gasteiger partial charge on any atom is -0.360 e. The number of hydrogen-bond acceptors (Lipinski definition) is 2. The third-order valence-electron chi connectivity index (χ3n) is 4.74. The van der Waals surface area contributed by atoms with E-state index in [1.54, 1.807) is 0 Å². The van der Waals surface area contributed by atoms with Crippen LogP contribution in [0.2, 0.25) is 5.02 Å². The van der Waals surface area contributed by atoms with E-state index in [1.165, 1.54) is 4.90 Å². The average molecular weight is 384 g/mol. The standard InChI is InChI=1S/C20H18ClN3O2.CH4/c1-12-5-7-13(8-6-12)11-24-19(25)17(23-20(24)26)9-14-10-22-18-15(14)3-2-4-16(18)21;/h2-8,10,17,22H,9,11H2,1H3,(H,23,26);1H4/t17-;/m1./s1. The monoisotopic (exact) mass is 383 g/mol. The number of aromatic nitrogens is 1. The van der Waals surface area contributed by atoms with Gasteiger partial charge in [-0.3, -0.25) is 9.69 Å². The van der Waals surface area contributed by atoms with Crippen molar-refractivity contribution in [2.24, 2.45) is 0 Å². The van der Waals surface area contributed by atoms with Gasteiger partial charge in [-0.2, -0.15) is 0 Å². The van der Waals surface area contributed by atoms with E-state index < -0.39 is 6.04 Å². The van der Waals surface area contributed by atoms with Crippen molar-refractivity contribution >= 4 is 34.4 Å². The van der Waals surface area contributed by atoms with Crippen molar-refractivity contribution in [3.63, 3.8) is 0 Å². The molecule has 0 aliphatic carbocycles. The highest BCUT2D eigenvalue weighted by Crippen LogP contribution is 2.27. The van der Waals surface area contributed by atoms with Crippen molar-refractivity contribution in [2.75, 3.05) is 0 Å². The molecule has 0 spiro atoms. The topological polar surface area (TPSA) is 65.2 Å². The van der Waals surface area contributed by atoms with Crippen LogP contribution < -0.4 is 5.32 Å². The van der Waals surface area contributed by atoms with Gasteiger partial charge in [0.2, 0.25) is 0 Å². The maximum atomic E-state index is 12.7. The van der Waals surface area contributed by atoms with Gasteiger partial charge in [-0.25, -0.2) is 4.79 Å². The van der Waals surface area contributed by atoms with E-state index in [0.29, 0.717) is 11.4 Å². The largest absolute Gasteiger partial charge is 0.360 e. The summed E-state index contributed by atoms with van der Waals surface area (Å²) >= 11 is 6.19. The average Bonchev–Trinajstić information content (AvgIpc) is 3.15. The molecule has 1 fully saturated rings. The molecule has 0 bridgehead atoms. The first-order chi connectivity index (χ1) is 12.5. The van der Waals surface area contributed by atoms with Crippen LogP contribution in [0.4, 0.5) is 4.79 Å². The summed E-state index contributed by atoms with van der Waals surface area (Å²) in [6.07, 6.45) is 2.27. The number of nitrogens with zero attached hydrogens (tertiary/aromatic N) is 1. The Kier molecular flexibility index (Phi) is 5.24. The highest BCUT2D eigenvalue weighted by Gasteiger charge is 2.38. The normalized spacial score (nSPS) is 16.5. The Bertz CT molecular complexity index is 994. The molecule has 5 nitrogen and oxygen atoms in total. The lowest BCUT2D eigenvalue weighted by molar-refractivity contribution is -0.127. The number of rotatable bonds is 4. The first-order valence-electron chi connectivity index (χ1n) is 8.45. The number of carbonyl (C=O) groups is 2. The van der Waals surface area contributed by atoms with Crippen molar-refractivity contribution in [2.45, 2.75) is 33.4 Å². The van der Waals surface area contributed by atoms with Crippen molar-refractivity contribution in [1.29, 1.82) is 0 Å². The van der Waals surface area contributed by atoms with Crippen LogP contribution in [0.3, 0.4) is 0 Å². The number of benzene rings is 2. The molecular weight excluding hydrogens is 362 g/mol. The maximum absolute atomic E-state index is 12.7.